The molecule has 0 aromatic heterocycles. The molecule has 0 spiro atoms. The molecule has 3 heterocycles. The molecule has 0 radical (unpaired) electrons. The van der Waals surface area contributed by atoms with E-state index in [4.69, 9.17) is 61.0 Å². The van der Waals surface area contributed by atoms with Crippen LogP contribution in [-0.4, -0.2) is 205 Å². The monoisotopic (exact) mass is 1520 g/mol. The molecule has 580 valence electrons. The Hall–Kier alpha value is -9.25. The molecule has 0 bridgehead atoms. The number of ether oxygens (including phenoxy) is 12. The van der Waals surface area contributed by atoms with Crippen LogP contribution in [0.5, 0.6) is 0 Å². The molecule has 11 rings (SSSR count). The summed E-state index contributed by atoms with van der Waals surface area (Å²) in [5.74, 6) is -3.78. The van der Waals surface area contributed by atoms with Crippen molar-refractivity contribution in [3.05, 3.63) is 245 Å². The lowest BCUT2D eigenvalue weighted by Gasteiger charge is -2.48. The summed E-state index contributed by atoms with van der Waals surface area (Å²) in [5, 5.41) is 46.7. The van der Waals surface area contributed by atoms with Crippen LogP contribution in [0.15, 0.2) is 211 Å². The SMILES string of the molecule is CO[C@H]1O[C@H](COS(=O)(=O)c2ccc(C(=O)NCC(=O)NCC(=O)NCC(=O)NCC3CCCC3)cc2)[C@@H](O)[C@H](O)[C@H]1O[C@@H]1O[C@H](CO[C@@H]2O[C@H](COCc3ccccc3)[C@@H](OCc3ccccc3)[C@H](OCc3ccccc3)[C@H]2OC(=O)c2ccccc2)[C@@H](OCc2ccccc2)[C@H](O)[C@H]1OC(=O)c1ccccc1. The minimum absolute atomic E-state index is 0.00145. The van der Waals surface area contributed by atoms with E-state index in [2.05, 4.69) is 21.3 Å². The maximum Gasteiger partial charge on any atom is 0.338 e. The van der Waals surface area contributed by atoms with Crippen molar-refractivity contribution in [1.29, 1.82) is 0 Å². The highest BCUT2D eigenvalue weighted by Crippen LogP contribution is 2.37. The van der Waals surface area contributed by atoms with Gasteiger partial charge in [-0.2, -0.15) is 8.42 Å². The number of methoxy groups -OCH3 is 1. The molecule has 1 saturated carbocycles. The van der Waals surface area contributed by atoms with E-state index < -0.39 is 163 Å². The molecule has 4 aliphatic rings. The van der Waals surface area contributed by atoms with E-state index in [1.165, 1.54) is 12.1 Å². The minimum atomic E-state index is -4.71. The van der Waals surface area contributed by atoms with Crippen LogP contribution in [0, 0.1) is 5.92 Å². The summed E-state index contributed by atoms with van der Waals surface area (Å²) in [5.41, 5.74) is 3.29. The van der Waals surface area contributed by atoms with Gasteiger partial charge in [-0.3, -0.25) is 23.4 Å². The second-order valence-electron chi connectivity index (χ2n) is 26.5. The first-order valence-corrected chi connectivity index (χ1v) is 37.4. The van der Waals surface area contributed by atoms with Gasteiger partial charge in [0.05, 0.1) is 81.9 Å². The van der Waals surface area contributed by atoms with Gasteiger partial charge in [0.25, 0.3) is 16.0 Å². The molecule has 15 atom stereocenters. The van der Waals surface area contributed by atoms with Crippen molar-refractivity contribution in [2.24, 2.45) is 5.92 Å². The molecule has 4 amide bonds. The Morgan fingerprint density at radius 2 is 0.862 bits per heavy atom. The zero-order chi connectivity index (χ0) is 76.5. The number of aliphatic hydroxyl groups excluding tert-OH is 3. The summed E-state index contributed by atoms with van der Waals surface area (Å²) in [4.78, 5) is 78.3. The summed E-state index contributed by atoms with van der Waals surface area (Å²) >= 11 is 0. The molecule has 4 fully saturated rings. The summed E-state index contributed by atoms with van der Waals surface area (Å²) in [6.07, 6.45) is -19.6. The number of nitrogens with one attached hydrogen (secondary N) is 4. The van der Waals surface area contributed by atoms with Crippen molar-refractivity contribution < 1.29 is 114 Å². The van der Waals surface area contributed by atoms with E-state index in [0.717, 1.165) is 73.7 Å². The van der Waals surface area contributed by atoms with Crippen LogP contribution in [0.4, 0.5) is 0 Å². The van der Waals surface area contributed by atoms with Crippen LogP contribution in [0.3, 0.4) is 0 Å². The molecule has 7 N–H and O–H groups in total. The zero-order valence-corrected chi connectivity index (χ0v) is 60.6. The first kappa shape index (κ1) is 80.8. The largest absolute Gasteiger partial charge is 0.450 e. The normalized spacial score (nSPS) is 24.9. The maximum atomic E-state index is 14.5. The zero-order valence-electron chi connectivity index (χ0n) is 59.8. The van der Waals surface area contributed by atoms with Gasteiger partial charge < -0.3 is 93.4 Å². The summed E-state index contributed by atoms with van der Waals surface area (Å²) < 4.78 is 111. The highest BCUT2D eigenvalue weighted by Gasteiger charge is 2.56. The predicted octanol–water partition coefficient (Wildman–Crippen LogP) is 5.39. The number of rotatable bonds is 36. The summed E-state index contributed by atoms with van der Waals surface area (Å²) in [7, 11) is -3.54. The highest BCUT2D eigenvalue weighted by atomic mass is 32.2. The number of hydrogen-bond acceptors (Lipinski definition) is 24. The van der Waals surface area contributed by atoms with Crippen molar-refractivity contribution >= 4 is 45.7 Å². The Kier molecular flexibility index (Phi) is 30.0. The molecule has 7 aromatic carbocycles. The first-order chi connectivity index (χ1) is 53.0. The fourth-order valence-corrected chi connectivity index (χ4v) is 13.8. The van der Waals surface area contributed by atoms with Crippen LogP contribution in [0.2, 0.25) is 0 Å². The van der Waals surface area contributed by atoms with E-state index in [1.54, 1.807) is 78.9 Å². The van der Waals surface area contributed by atoms with Crippen molar-refractivity contribution in [3.8, 4) is 0 Å². The molecule has 0 unspecified atom stereocenters. The standard InChI is InChI=1S/C80H90N4O24S/c1-96-78-71(67(89)66(88)60(103-78)50-102-109(94,95)59-38-36-56(37-39-59)75(91)84-43-65(87)83-42-64(86)82-41-63(85)81-40-51-22-20-21-23-51)108-80-72(106-76(92)57-32-16-6-17-33-57)68(90)69(98-45-53-26-10-3-11-27-53)62(105-80)49-101-79-74(107-77(93)58-34-18-7-19-35-58)73(100-47-55-30-14-5-15-31-55)70(99-46-54-28-12-4-13-29-54)61(104-79)48-97-44-52-24-8-2-9-25-52/h2-19,24-39,51,60-62,66-74,78-80,88-90H,20-23,40-50H2,1H3,(H,81,85)(H,82,86)(H,83,87)(H,84,91)/t60-,61-,62-,66-,67+,68+,69-,70-,71-,72-,73+,74-,78+,79-,80+/m1/s1. The molecular formula is C80H90N4O24S. The molecule has 1 aliphatic carbocycles. The molecular weight excluding hydrogens is 1430 g/mol. The van der Waals surface area contributed by atoms with Crippen LogP contribution in [0.25, 0.3) is 0 Å². The van der Waals surface area contributed by atoms with Crippen LogP contribution < -0.4 is 21.3 Å². The number of hydrogen-bond donors (Lipinski definition) is 7. The third kappa shape index (κ3) is 23.2. The smallest absolute Gasteiger partial charge is 0.338 e. The average molecular weight is 1520 g/mol. The van der Waals surface area contributed by atoms with E-state index >= 15 is 0 Å². The number of benzene rings is 7. The Labute approximate surface area is 630 Å². The number of carbonyl (C=O) groups excluding carboxylic acids is 6. The van der Waals surface area contributed by atoms with E-state index in [0.29, 0.717) is 18.0 Å². The van der Waals surface area contributed by atoms with Crippen molar-refractivity contribution in [1.82, 2.24) is 21.3 Å². The van der Waals surface area contributed by atoms with Gasteiger partial charge in [-0.1, -0.05) is 171 Å². The van der Waals surface area contributed by atoms with Crippen LogP contribution in [-0.2, 0) is 112 Å². The lowest BCUT2D eigenvalue weighted by molar-refractivity contribution is -0.372. The third-order valence-electron chi connectivity index (χ3n) is 18.7. The molecule has 28 nitrogen and oxygen atoms in total. The molecule has 7 aromatic rings. The van der Waals surface area contributed by atoms with Crippen molar-refractivity contribution in [2.45, 2.75) is 149 Å². The maximum absolute atomic E-state index is 14.5. The van der Waals surface area contributed by atoms with Gasteiger partial charge in [0, 0.05) is 19.2 Å². The van der Waals surface area contributed by atoms with Crippen LogP contribution >= 0.6 is 0 Å². The van der Waals surface area contributed by atoms with Gasteiger partial charge in [-0.05, 0) is 89.5 Å². The lowest BCUT2D eigenvalue weighted by atomic mass is 9.96. The fraction of sp³-hybridized carbons (Fsp3) is 0.400. The minimum Gasteiger partial charge on any atom is -0.450 e. The quantitative estimate of drug-likeness (QED) is 0.0191. The fourth-order valence-electron chi connectivity index (χ4n) is 12.8. The second kappa shape index (κ2) is 40.4. The topological polar surface area (TPSA) is 365 Å². The van der Waals surface area contributed by atoms with Gasteiger partial charge in [0.15, 0.2) is 31.1 Å². The van der Waals surface area contributed by atoms with Crippen molar-refractivity contribution in [2.75, 3.05) is 53.1 Å². The van der Waals surface area contributed by atoms with Gasteiger partial charge >= 0.3 is 11.9 Å². The first-order valence-electron chi connectivity index (χ1n) is 36.0. The average Bonchev–Trinajstić information content (AvgIpc) is 0.836. The van der Waals surface area contributed by atoms with Gasteiger partial charge in [0.2, 0.25) is 17.7 Å². The van der Waals surface area contributed by atoms with E-state index in [9.17, 15) is 52.5 Å². The number of aliphatic hydroxyl groups is 3. The molecule has 3 aliphatic heterocycles. The Morgan fingerprint density at radius 1 is 0.413 bits per heavy atom. The third-order valence-corrected chi connectivity index (χ3v) is 20.0. The Balaban J connectivity index is 0.811. The molecule has 3 saturated heterocycles. The number of amides is 4. The van der Waals surface area contributed by atoms with Crippen molar-refractivity contribution in [3.63, 3.8) is 0 Å². The Bertz CT molecular complexity index is 4120. The van der Waals surface area contributed by atoms with Gasteiger partial charge in [0.1, 0.15) is 61.0 Å². The van der Waals surface area contributed by atoms with E-state index in [1.807, 2.05) is 91.0 Å². The summed E-state index contributed by atoms with van der Waals surface area (Å²) in [6, 6.07) is 57.6. The molecule has 109 heavy (non-hydrogen) atoms. The predicted molar refractivity (Wildman–Crippen MR) is 387 cm³/mol. The van der Waals surface area contributed by atoms with E-state index in [-0.39, 0.29) is 62.2 Å². The van der Waals surface area contributed by atoms with Gasteiger partial charge in [-0.25, -0.2) is 9.59 Å². The highest BCUT2D eigenvalue weighted by molar-refractivity contribution is 7.86. The second-order valence-corrected chi connectivity index (χ2v) is 28.1. The molecule has 29 heteroatoms. The number of carbonyl (C=O) groups is 6. The van der Waals surface area contributed by atoms with Crippen LogP contribution in [0.1, 0.15) is 79.0 Å². The lowest BCUT2D eigenvalue weighted by Crippen LogP contribution is -2.66. The summed E-state index contributed by atoms with van der Waals surface area (Å²) in [6.45, 7) is -2.29. The Morgan fingerprint density at radius 3 is 1.39 bits per heavy atom. The number of esters is 2. The van der Waals surface area contributed by atoms with Gasteiger partial charge in [-0.15, -0.1) is 0 Å².